The largest absolute Gasteiger partial charge is 0.493 e. The van der Waals surface area contributed by atoms with Crippen LogP contribution in [0.1, 0.15) is 6.92 Å². The Kier molecular flexibility index (Phi) is 4.91. The number of aromatic nitrogens is 3. The van der Waals surface area contributed by atoms with E-state index in [9.17, 15) is 9.59 Å². The van der Waals surface area contributed by atoms with Gasteiger partial charge in [0.2, 0.25) is 11.8 Å². The van der Waals surface area contributed by atoms with E-state index in [1.807, 2.05) is 43.3 Å². The molecule has 0 aliphatic carbocycles. The molecule has 3 aromatic heterocycles. The minimum atomic E-state index is -0.502. The molecular formula is C23H18N4O5. The predicted molar refractivity (Wildman–Crippen MR) is 118 cm³/mol. The molecule has 0 saturated heterocycles. The maximum atomic E-state index is 12.7. The van der Waals surface area contributed by atoms with E-state index in [0.29, 0.717) is 39.9 Å². The molecule has 0 aliphatic heterocycles. The van der Waals surface area contributed by atoms with Crippen molar-refractivity contribution in [3.63, 3.8) is 0 Å². The van der Waals surface area contributed by atoms with E-state index in [1.165, 1.54) is 10.9 Å². The number of nitrogens with zero attached hydrogens (tertiary/aromatic N) is 3. The molecule has 5 rings (SSSR count). The lowest BCUT2D eigenvalue weighted by atomic mass is 10.1. The van der Waals surface area contributed by atoms with Crippen LogP contribution in [0.2, 0.25) is 0 Å². The SMILES string of the molecule is CCOc1ccccc1-c1cc(NC(=O)Cn2ncc3c(=O)oc4ccccc4c32)on1. The molecule has 160 valence electrons. The number of nitrogens with one attached hydrogen (secondary N) is 1. The average molecular weight is 430 g/mol. The zero-order valence-corrected chi connectivity index (χ0v) is 17.1. The molecule has 32 heavy (non-hydrogen) atoms. The van der Waals surface area contributed by atoms with Crippen molar-refractivity contribution in [3.8, 4) is 17.0 Å². The Bertz CT molecular complexity index is 1500. The van der Waals surface area contributed by atoms with Gasteiger partial charge >= 0.3 is 5.63 Å². The van der Waals surface area contributed by atoms with Crippen molar-refractivity contribution in [2.75, 3.05) is 11.9 Å². The number of hydrogen-bond acceptors (Lipinski definition) is 7. The summed E-state index contributed by atoms with van der Waals surface area (Å²) in [4.78, 5) is 24.9. The molecule has 1 amide bonds. The van der Waals surface area contributed by atoms with E-state index < -0.39 is 5.63 Å². The van der Waals surface area contributed by atoms with Crippen LogP contribution >= 0.6 is 0 Å². The molecule has 0 aliphatic rings. The highest BCUT2D eigenvalue weighted by molar-refractivity contribution is 6.02. The van der Waals surface area contributed by atoms with E-state index in [1.54, 1.807) is 18.2 Å². The predicted octanol–water partition coefficient (Wildman–Crippen LogP) is 3.84. The number of amides is 1. The van der Waals surface area contributed by atoms with Crippen LogP contribution in [0, 0.1) is 0 Å². The van der Waals surface area contributed by atoms with Gasteiger partial charge in [0.05, 0.1) is 18.3 Å². The van der Waals surface area contributed by atoms with Gasteiger partial charge < -0.3 is 13.7 Å². The maximum absolute atomic E-state index is 12.7. The molecule has 0 saturated carbocycles. The topological polar surface area (TPSA) is 112 Å². The van der Waals surface area contributed by atoms with Gasteiger partial charge in [-0.15, -0.1) is 0 Å². The lowest BCUT2D eigenvalue weighted by molar-refractivity contribution is -0.117. The van der Waals surface area contributed by atoms with Crippen LogP contribution in [0.4, 0.5) is 5.88 Å². The molecule has 9 nitrogen and oxygen atoms in total. The standard InChI is InChI=1S/C23H18N4O5/c1-2-30-18-9-5-3-7-14(18)17-11-21(32-26-17)25-20(28)13-27-22-15-8-4-6-10-19(15)31-23(29)16(22)12-24-27/h3-12H,2,13H2,1H3,(H,25,28). The summed E-state index contributed by atoms with van der Waals surface area (Å²) in [6.45, 7) is 2.29. The minimum Gasteiger partial charge on any atom is -0.493 e. The zero-order valence-electron chi connectivity index (χ0n) is 17.1. The van der Waals surface area contributed by atoms with Crippen molar-refractivity contribution >= 4 is 33.7 Å². The van der Waals surface area contributed by atoms with E-state index in [2.05, 4.69) is 15.6 Å². The second-order valence-electron chi connectivity index (χ2n) is 7.00. The van der Waals surface area contributed by atoms with Crippen LogP contribution < -0.4 is 15.7 Å². The summed E-state index contributed by atoms with van der Waals surface area (Å²) >= 11 is 0. The smallest absolute Gasteiger partial charge is 0.347 e. The van der Waals surface area contributed by atoms with Crippen LogP contribution in [0.25, 0.3) is 33.1 Å². The Morgan fingerprint density at radius 2 is 1.94 bits per heavy atom. The fourth-order valence-corrected chi connectivity index (χ4v) is 3.58. The third-order valence-corrected chi connectivity index (χ3v) is 4.93. The average Bonchev–Trinajstić information content (AvgIpc) is 3.42. The van der Waals surface area contributed by atoms with Crippen molar-refractivity contribution < 1.29 is 18.5 Å². The summed E-state index contributed by atoms with van der Waals surface area (Å²) in [6.07, 6.45) is 1.40. The first-order valence-electron chi connectivity index (χ1n) is 10.00. The molecule has 0 bridgehead atoms. The Labute approximate surface area is 181 Å². The van der Waals surface area contributed by atoms with Crippen LogP contribution in [0.3, 0.4) is 0 Å². The zero-order chi connectivity index (χ0) is 22.1. The number of rotatable bonds is 6. The first kappa shape index (κ1) is 19.6. The highest BCUT2D eigenvalue weighted by atomic mass is 16.5. The van der Waals surface area contributed by atoms with Crippen molar-refractivity contribution in [2.45, 2.75) is 13.5 Å². The summed E-state index contributed by atoms with van der Waals surface area (Å²) < 4.78 is 17.7. The molecule has 0 spiro atoms. The monoisotopic (exact) mass is 430 g/mol. The van der Waals surface area contributed by atoms with Gasteiger partial charge in [-0.05, 0) is 31.2 Å². The third kappa shape index (κ3) is 3.49. The number of ether oxygens (including phenoxy) is 1. The Morgan fingerprint density at radius 1 is 1.12 bits per heavy atom. The Morgan fingerprint density at radius 3 is 2.81 bits per heavy atom. The molecule has 5 aromatic rings. The summed E-state index contributed by atoms with van der Waals surface area (Å²) in [6, 6.07) is 16.2. The molecule has 0 fully saturated rings. The van der Waals surface area contributed by atoms with Crippen LogP contribution in [-0.2, 0) is 11.3 Å². The second-order valence-corrected chi connectivity index (χ2v) is 7.00. The van der Waals surface area contributed by atoms with Gasteiger partial charge in [-0.25, -0.2) is 4.79 Å². The fraction of sp³-hybridized carbons (Fsp3) is 0.130. The number of benzene rings is 2. The maximum Gasteiger partial charge on any atom is 0.347 e. The van der Waals surface area contributed by atoms with E-state index >= 15 is 0 Å². The highest BCUT2D eigenvalue weighted by Crippen LogP contribution is 2.30. The molecule has 9 heteroatoms. The van der Waals surface area contributed by atoms with E-state index in [0.717, 1.165) is 5.56 Å². The van der Waals surface area contributed by atoms with Gasteiger partial charge in [-0.1, -0.05) is 29.4 Å². The van der Waals surface area contributed by atoms with Crippen molar-refractivity contribution in [1.29, 1.82) is 0 Å². The first-order chi connectivity index (χ1) is 15.6. The van der Waals surface area contributed by atoms with Gasteiger partial charge in [0, 0.05) is 17.0 Å². The van der Waals surface area contributed by atoms with Crippen molar-refractivity contribution in [3.05, 3.63) is 71.2 Å². The number of hydrogen-bond donors (Lipinski definition) is 1. The summed E-state index contributed by atoms with van der Waals surface area (Å²) in [5.41, 5.74) is 1.77. The Hall–Kier alpha value is -4.40. The quantitative estimate of drug-likeness (QED) is 0.407. The molecule has 1 N–H and O–H groups in total. The molecule has 0 radical (unpaired) electrons. The lowest BCUT2D eigenvalue weighted by Gasteiger charge is -2.06. The van der Waals surface area contributed by atoms with E-state index in [4.69, 9.17) is 13.7 Å². The number of carbonyl (C=O) groups is 1. The molecule has 2 aromatic carbocycles. The normalized spacial score (nSPS) is 11.2. The van der Waals surface area contributed by atoms with Crippen molar-refractivity contribution in [1.82, 2.24) is 14.9 Å². The number of para-hydroxylation sites is 2. The van der Waals surface area contributed by atoms with Gasteiger partial charge in [-0.3, -0.25) is 14.8 Å². The molecular weight excluding hydrogens is 412 g/mol. The molecule has 0 atom stereocenters. The third-order valence-electron chi connectivity index (χ3n) is 4.93. The van der Waals surface area contributed by atoms with Gasteiger partial charge in [-0.2, -0.15) is 5.10 Å². The van der Waals surface area contributed by atoms with E-state index in [-0.39, 0.29) is 18.3 Å². The van der Waals surface area contributed by atoms with Gasteiger partial charge in [0.15, 0.2) is 0 Å². The summed E-state index contributed by atoms with van der Waals surface area (Å²) in [5.74, 6) is 0.486. The number of fused-ring (bicyclic) bond motifs is 3. The summed E-state index contributed by atoms with van der Waals surface area (Å²) in [5, 5.41) is 11.9. The minimum absolute atomic E-state index is 0.123. The van der Waals surface area contributed by atoms with Crippen LogP contribution in [0.15, 0.2) is 74.5 Å². The Balaban J connectivity index is 1.40. The first-order valence-corrected chi connectivity index (χ1v) is 10.00. The van der Waals surface area contributed by atoms with Gasteiger partial charge in [0.25, 0.3) is 0 Å². The van der Waals surface area contributed by atoms with Crippen molar-refractivity contribution in [2.24, 2.45) is 0 Å². The second kappa shape index (κ2) is 8.03. The van der Waals surface area contributed by atoms with Crippen LogP contribution in [0.5, 0.6) is 5.75 Å². The number of anilines is 1. The molecule has 3 heterocycles. The lowest BCUT2D eigenvalue weighted by Crippen LogP contribution is -2.19. The van der Waals surface area contributed by atoms with Gasteiger partial charge in [0.1, 0.15) is 29.0 Å². The molecule has 0 unspecified atom stereocenters. The highest BCUT2D eigenvalue weighted by Gasteiger charge is 2.17. The summed E-state index contributed by atoms with van der Waals surface area (Å²) in [7, 11) is 0. The number of carbonyl (C=O) groups excluding carboxylic acids is 1. The van der Waals surface area contributed by atoms with Crippen LogP contribution in [-0.4, -0.2) is 27.5 Å². The fourth-order valence-electron chi connectivity index (χ4n) is 3.58.